The lowest BCUT2D eigenvalue weighted by Crippen LogP contribution is -2.12. The van der Waals surface area contributed by atoms with E-state index >= 15 is 0 Å². The number of esters is 1. The zero-order valence-corrected chi connectivity index (χ0v) is 12.7. The van der Waals surface area contributed by atoms with Crippen LogP contribution in [0.5, 0.6) is 0 Å². The molecule has 0 unspecified atom stereocenters. The van der Waals surface area contributed by atoms with Crippen LogP contribution in [0.4, 0.5) is 8.78 Å². The van der Waals surface area contributed by atoms with Crippen molar-refractivity contribution in [3.8, 4) is 0 Å². The van der Waals surface area contributed by atoms with Gasteiger partial charge in [-0.2, -0.15) is 0 Å². The number of ether oxygens (including phenoxy) is 1. The first-order valence-corrected chi connectivity index (χ1v) is 7.08. The second-order valence-corrected chi connectivity index (χ2v) is 4.78. The van der Waals surface area contributed by atoms with Gasteiger partial charge in [-0.15, -0.1) is 0 Å². The summed E-state index contributed by atoms with van der Waals surface area (Å²) in [6.07, 6.45) is -1.52. The molecule has 0 N–H and O–H groups in total. The van der Waals surface area contributed by atoms with E-state index in [1.54, 1.807) is 6.92 Å². The Morgan fingerprint density at radius 3 is 2.72 bits per heavy atom. The lowest BCUT2D eigenvalue weighted by Gasteiger charge is -2.13. The molecule has 7 heteroatoms. The molecule has 0 bridgehead atoms. The minimum Gasteiger partial charge on any atom is -0.466 e. The highest BCUT2D eigenvalue weighted by Gasteiger charge is 2.22. The fourth-order valence-electron chi connectivity index (χ4n) is 1.47. The zero-order chi connectivity index (χ0) is 13.7. The van der Waals surface area contributed by atoms with Gasteiger partial charge < -0.3 is 4.74 Å². The van der Waals surface area contributed by atoms with Crippen LogP contribution in [0.2, 0.25) is 0 Å². The Labute approximate surface area is 120 Å². The lowest BCUT2D eigenvalue weighted by atomic mass is 10.1. The van der Waals surface area contributed by atoms with Gasteiger partial charge in [0.1, 0.15) is 0 Å². The van der Waals surface area contributed by atoms with E-state index in [4.69, 9.17) is 4.74 Å². The molecule has 1 aromatic rings. The first-order valence-electron chi connectivity index (χ1n) is 5.17. The van der Waals surface area contributed by atoms with Crippen molar-refractivity contribution in [2.24, 2.45) is 0 Å². The van der Waals surface area contributed by atoms with Crippen molar-refractivity contribution >= 4 is 37.8 Å². The molecule has 18 heavy (non-hydrogen) atoms. The molecule has 100 valence electrons. The number of hydrogen-bond acceptors (Lipinski definition) is 3. The zero-order valence-electron chi connectivity index (χ0n) is 9.55. The number of aromatic nitrogens is 1. The predicted molar refractivity (Wildman–Crippen MR) is 69.9 cm³/mol. The molecule has 0 aliphatic heterocycles. The summed E-state index contributed by atoms with van der Waals surface area (Å²) < 4.78 is 31.3. The molecule has 1 rings (SSSR count). The van der Waals surface area contributed by atoms with Gasteiger partial charge in [0, 0.05) is 21.6 Å². The van der Waals surface area contributed by atoms with Gasteiger partial charge in [-0.05, 0) is 28.4 Å². The van der Waals surface area contributed by atoms with Crippen molar-refractivity contribution in [3.05, 3.63) is 27.5 Å². The van der Waals surface area contributed by atoms with Crippen LogP contribution >= 0.6 is 31.9 Å². The molecule has 3 nitrogen and oxygen atoms in total. The second kappa shape index (κ2) is 7.13. The van der Waals surface area contributed by atoms with Gasteiger partial charge in [-0.1, -0.05) is 15.9 Å². The summed E-state index contributed by atoms with van der Waals surface area (Å²) in [6, 6.07) is 0. The smallest absolute Gasteiger partial charge is 0.311 e. The van der Waals surface area contributed by atoms with Gasteiger partial charge in [0.2, 0.25) is 0 Å². The normalized spacial score (nSPS) is 10.8. The average Bonchev–Trinajstić information content (AvgIpc) is 2.30. The summed E-state index contributed by atoms with van der Waals surface area (Å²) in [5, 5.41) is 0.256. The minimum atomic E-state index is -2.69. The van der Waals surface area contributed by atoms with Gasteiger partial charge in [-0.25, -0.2) is 8.78 Å². The van der Waals surface area contributed by atoms with Crippen molar-refractivity contribution in [1.29, 1.82) is 0 Å². The molecule has 0 radical (unpaired) electrons. The van der Waals surface area contributed by atoms with Gasteiger partial charge in [0.15, 0.2) is 0 Å². The van der Waals surface area contributed by atoms with Crippen LogP contribution in [0.25, 0.3) is 0 Å². The number of pyridine rings is 1. The molecule has 0 aliphatic rings. The maximum Gasteiger partial charge on any atom is 0.311 e. The Kier molecular flexibility index (Phi) is 6.14. The maximum absolute atomic E-state index is 13.1. The number of hydrogen-bond donors (Lipinski definition) is 0. The number of carbonyl (C=O) groups excluding carboxylic acids is 1. The molecule has 0 fully saturated rings. The maximum atomic E-state index is 13.1. The summed E-state index contributed by atoms with van der Waals surface area (Å²) >= 11 is 6.32. The molecular weight excluding hydrogens is 376 g/mol. The quantitative estimate of drug-likeness (QED) is 0.571. The largest absolute Gasteiger partial charge is 0.466 e. The van der Waals surface area contributed by atoms with Gasteiger partial charge >= 0.3 is 5.97 Å². The van der Waals surface area contributed by atoms with E-state index in [0.717, 1.165) is 0 Å². The van der Waals surface area contributed by atoms with E-state index < -0.39 is 12.4 Å². The Bertz CT molecular complexity index is 441. The van der Waals surface area contributed by atoms with Gasteiger partial charge in [0.25, 0.3) is 6.43 Å². The van der Waals surface area contributed by atoms with E-state index in [-0.39, 0.29) is 29.6 Å². The molecule has 0 aliphatic carbocycles. The Hall–Kier alpha value is -0.560. The highest BCUT2D eigenvalue weighted by molar-refractivity contribution is 9.10. The van der Waals surface area contributed by atoms with E-state index in [1.807, 2.05) is 0 Å². The van der Waals surface area contributed by atoms with Crippen LogP contribution in [-0.2, 0) is 21.3 Å². The molecule has 0 spiro atoms. The van der Waals surface area contributed by atoms with E-state index in [2.05, 4.69) is 36.8 Å². The van der Waals surface area contributed by atoms with E-state index in [9.17, 15) is 13.6 Å². The van der Waals surface area contributed by atoms with E-state index in [1.165, 1.54) is 6.20 Å². The van der Waals surface area contributed by atoms with Crippen LogP contribution in [-0.4, -0.2) is 17.6 Å². The molecule has 1 aromatic heterocycles. The van der Waals surface area contributed by atoms with Crippen molar-refractivity contribution in [3.63, 3.8) is 0 Å². The van der Waals surface area contributed by atoms with Gasteiger partial charge in [0.05, 0.1) is 18.7 Å². The summed E-state index contributed by atoms with van der Waals surface area (Å²) in [5.74, 6) is -0.560. The first kappa shape index (κ1) is 15.5. The Morgan fingerprint density at radius 2 is 2.22 bits per heavy atom. The summed E-state index contributed by atoms with van der Waals surface area (Å²) in [6.45, 7) is 1.87. The minimum absolute atomic E-state index is 0.0566. The SMILES string of the molecule is CCOC(=O)Cc1ncc(Br)c(CBr)c1C(F)F. The van der Waals surface area contributed by atoms with Crippen LogP contribution in [0.1, 0.15) is 30.2 Å². The lowest BCUT2D eigenvalue weighted by molar-refractivity contribution is -0.142. The molecule has 0 atom stereocenters. The number of rotatable bonds is 5. The summed E-state index contributed by atoms with van der Waals surface area (Å²) in [4.78, 5) is 15.2. The molecule has 0 amide bonds. The third-order valence-corrected chi connectivity index (χ3v) is 3.47. The van der Waals surface area contributed by atoms with Crippen molar-refractivity contribution < 1.29 is 18.3 Å². The van der Waals surface area contributed by atoms with Crippen LogP contribution in [0.15, 0.2) is 10.7 Å². The summed E-state index contributed by atoms with van der Waals surface area (Å²) in [7, 11) is 0. The standard InChI is InChI=1S/C11H11Br2F2NO2/c1-2-18-9(17)3-8-10(11(14)15)6(4-12)7(13)5-16-8/h5,11H,2-4H2,1H3. The third kappa shape index (κ3) is 3.71. The van der Waals surface area contributed by atoms with Crippen molar-refractivity contribution in [1.82, 2.24) is 4.98 Å². The molecule has 1 heterocycles. The van der Waals surface area contributed by atoms with Crippen molar-refractivity contribution in [2.75, 3.05) is 6.61 Å². The van der Waals surface area contributed by atoms with Crippen LogP contribution < -0.4 is 0 Å². The number of carbonyl (C=O) groups is 1. The van der Waals surface area contributed by atoms with Crippen LogP contribution in [0.3, 0.4) is 0 Å². The fourth-order valence-corrected chi connectivity index (χ4v) is 2.90. The summed E-state index contributed by atoms with van der Waals surface area (Å²) in [5.41, 5.74) is 0.245. The second-order valence-electron chi connectivity index (χ2n) is 3.36. The number of nitrogens with zero attached hydrogens (tertiary/aromatic N) is 1. The predicted octanol–water partition coefficient (Wildman–Crippen LogP) is 3.78. The highest BCUT2D eigenvalue weighted by Crippen LogP contribution is 2.32. The van der Waals surface area contributed by atoms with Crippen molar-refractivity contribution in [2.45, 2.75) is 25.1 Å². The topological polar surface area (TPSA) is 39.2 Å². The Balaban J connectivity index is 3.15. The third-order valence-electron chi connectivity index (χ3n) is 2.23. The van der Waals surface area contributed by atoms with Gasteiger partial charge in [-0.3, -0.25) is 9.78 Å². The monoisotopic (exact) mass is 385 g/mol. The van der Waals surface area contributed by atoms with E-state index in [0.29, 0.717) is 10.0 Å². The van der Waals surface area contributed by atoms with Crippen LogP contribution in [0, 0.1) is 0 Å². The molecule has 0 saturated carbocycles. The average molecular weight is 387 g/mol. The molecule has 0 aromatic carbocycles. The molecular formula is C11H11Br2F2NO2. The fraction of sp³-hybridized carbons (Fsp3) is 0.455. The Morgan fingerprint density at radius 1 is 1.56 bits per heavy atom. The number of alkyl halides is 3. The highest BCUT2D eigenvalue weighted by atomic mass is 79.9. The first-order chi connectivity index (χ1) is 8.51. The molecule has 0 saturated heterocycles. The number of halogens is 4.